The normalized spacial score (nSPS) is 13.2. The molecule has 2 aromatic rings. The van der Waals surface area contributed by atoms with Crippen molar-refractivity contribution >= 4 is 18.0 Å². The molecule has 0 bridgehead atoms. The summed E-state index contributed by atoms with van der Waals surface area (Å²) in [5.41, 5.74) is 4.40. The molecule has 1 aliphatic carbocycles. The van der Waals surface area contributed by atoms with Crippen LogP contribution in [0.15, 0.2) is 48.5 Å². The molecule has 1 aliphatic rings. The molecule has 2 aromatic carbocycles. The molecule has 3 rings (SSSR count). The summed E-state index contributed by atoms with van der Waals surface area (Å²) in [6, 6.07) is 14.9. The van der Waals surface area contributed by atoms with Crippen LogP contribution in [0, 0.1) is 0 Å². The smallest absolute Gasteiger partial charge is 0.407 e. The molecule has 158 valence electrons. The van der Waals surface area contributed by atoms with Crippen molar-refractivity contribution in [3.8, 4) is 11.1 Å². The van der Waals surface area contributed by atoms with Gasteiger partial charge in [0, 0.05) is 12.3 Å². The standard InChI is InChI=1S/C23H25NO6/c25-21(26)13-3-1-2-12-20(22(27)28)24-23(29)30-14-19-17-10-6-4-8-15(17)16-9-5-7-11-18(16)19/h4-11,19-20H,1-3,12-14H2,(H,24,29)(H,25,26)(H,27,28)/t20-/m1/s1. The average molecular weight is 411 g/mol. The molecule has 0 saturated carbocycles. The van der Waals surface area contributed by atoms with Gasteiger partial charge in [-0.3, -0.25) is 4.79 Å². The monoisotopic (exact) mass is 411 g/mol. The second kappa shape index (κ2) is 9.91. The largest absolute Gasteiger partial charge is 0.481 e. The third-order valence-corrected chi connectivity index (χ3v) is 5.32. The van der Waals surface area contributed by atoms with Crippen molar-refractivity contribution < 1.29 is 29.3 Å². The summed E-state index contributed by atoms with van der Waals surface area (Å²) >= 11 is 0. The van der Waals surface area contributed by atoms with Gasteiger partial charge in [0.05, 0.1) is 0 Å². The van der Waals surface area contributed by atoms with E-state index in [0.717, 1.165) is 22.3 Å². The summed E-state index contributed by atoms with van der Waals surface area (Å²) in [6.07, 6.45) is 1.08. The Balaban J connectivity index is 1.54. The first-order chi connectivity index (χ1) is 14.5. The van der Waals surface area contributed by atoms with Gasteiger partial charge in [0.25, 0.3) is 0 Å². The number of ether oxygens (including phenoxy) is 1. The first-order valence-corrected chi connectivity index (χ1v) is 10.0. The SMILES string of the molecule is O=C(O)CCCCC[C@@H](NC(=O)OCC1c2ccccc2-c2ccccc21)C(=O)O. The number of carboxylic acid groups (broad SMARTS) is 2. The number of nitrogens with one attached hydrogen (secondary N) is 1. The highest BCUT2D eigenvalue weighted by Crippen LogP contribution is 2.44. The average Bonchev–Trinajstić information content (AvgIpc) is 3.04. The maximum Gasteiger partial charge on any atom is 0.407 e. The van der Waals surface area contributed by atoms with Crippen molar-refractivity contribution in [2.45, 2.75) is 44.1 Å². The highest BCUT2D eigenvalue weighted by Gasteiger charge is 2.29. The Morgan fingerprint density at radius 2 is 1.50 bits per heavy atom. The van der Waals surface area contributed by atoms with Crippen LogP contribution in [0.2, 0.25) is 0 Å². The van der Waals surface area contributed by atoms with Gasteiger partial charge in [-0.1, -0.05) is 61.4 Å². The van der Waals surface area contributed by atoms with Crippen molar-refractivity contribution in [3.63, 3.8) is 0 Å². The van der Waals surface area contributed by atoms with Crippen molar-refractivity contribution in [1.29, 1.82) is 0 Å². The van der Waals surface area contributed by atoms with Gasteiger partial charge in [-0.15, -0.1) is 0 Å². The van der Waals surface area contributed by atoms with E-state index in [1.54, 1.807) is 0 Å². The minimum Gasteiger partial charge on any atom is -0.481 e. The molecule has 0 spiro atoms. The molecule has 0 unspecified atom stereocenters. The molecular formula is C23H25NO6. The van der Waals surface area contributed by atoms with E-state index in [1.165, 1.54) is 0 Å². The van der Waals surface area contributed by atoms with E-state index in [0.29, 0.717) is 19.3 Å². The molecule has 30 heavy (non-hydrogen) atoms. The van der Waals surface area contributed by atoms with E-state index in [4.69, 9.17) is 9.84 Å². The zero-order valence-electron chi connectivity index (χ0n) is 16.5. The summed E-state index contributed by atoms with van der Waals surface area (Å²) in [6.45, 7) is 0.116. The van der Waals surface area contributed by atoms with Crippen LogP contribution in [0.25, 0.3) is 11.1 Å². The first-order valence-electron chi connectivity index (χ1n) is 10.0. The number of fused-ring (bicyclic) bond motifs is 3. The molecule has 3 N–H and O–H groups in total. The van der Waals surface area contributed by atoms with Crippen molar-refractivity contribution in [3.05, 3.63) is 59.7 Å². The van der Waals surface area contributed by atoms with E-state index in [1.807, 2.05) is 48.5 Å². The van der Waals surface area contributed by atoms with Gasteiger partial charge in [-0.2, -0.15) is 0 Å². The van der Waals surface area contributed by atoms with Gasteiger partial charge in [-0.25, -0.2) is 9.59 Å². The second-order valence-electron chi connectivity index (χ2n) is 7.35. The summed E-state index contributed by atoms with van der Waals surface area (Å²) in [4.78, 5) is 34.2. The molecule has 0 saturated heterocycles. The Morgan fingerprint density at radius 1 is 0.900 bits per heavy atom. The van der Waals surface area contributed by atoms with Crippen LogP contribution < -0.4 is 5.32 Å². The van der Waals surface area contributed by atoms with E-state index in [9.17, 15) is 19.5 Å². The Hall–Kier alpha value is -3.35. The number of hydrogen-bond acceptors (Lipinski definition) is 4. The number of aliphatic carboxylic acids is 2. The van der Waals surface area contributed by atoms with Crippen LogP contribution in [0.4, 0.5) is 4.79 Å². The predicted octanol–water partition coefficient (Wildman–Crippen LogP) is 4.01. The fourth-order valence-corrected chi connectivity index (χ4v) is 3.84. The highest BCUT2D eigenvalue weighted by atomic mass is 16.5. The van der Waals surface area contributed by atoms with Crippen LogP contribution in [-0.2, 0) is 14.3 Å². The van der Waals surface area contributed by atoms with Crippen LogP contribution in [0.3, 0.4) is 0 Å². The number of rotatable bonds is 10. The molecule has 0 heterocycles. The lowest BCUT2D eigenvalue weighted by Crippen LogP contribution is -2.41. The van der Waals surface area contributed by atoms with Crippen LogP contribution in [0.5, 0.6) is 0 Å². The van der Waals surface area contributed by atoms with Gasteiger partial charge < -0.3 is 20.3 Å². The number of carbonyl (C=O) groups is 3. The van der Waals surface area contributed by atoms with Crippen molar-refractivity contribution in [1.82, 2.24) is 5.32 Å². The molecule has 0 aliphatic heterocycles. The Morgan fingerprint density at radius 3 is 2.07 bits per heavy atom. The van der Waals surface area contributed by atoms with Crippen LogP contribution in [0.1, 0.15) is 49.1 Å². The topological polar surface area (TPSA) is 113 Å². The lowest BCUT2D eigenvalue weighted by atomic mass is 9.98. The van der Waals surface area contributed by atoms with Crippen LogP contribution >= 0.6 is 0 Å². The lowest BCUT2D eigenvalue weighted by Gasteiger charge is -2.17. The molecule has 1 atom stereocenters. The third-order valence-electron chi connectivity index (χ3n) is 5.32. The Bertz CT molecular complexity index is 880. The fourth-order valence-electron chi connectivity index (χ4n) is 3.84. The number of hydrogen-bond donors (Lipinski definition) is 3. The first kappa shape index (κ1) is 21.4. The molecule has 0 fully saturated rings. The Labute approximate surface area is 174 Å². The van der Waals surface area contributed by atoms with E-state index in [2.05, 4.69) is 5.32 Å². The molecular weight excluding hydrogens is 386 g/mol. The van der Waals surface area contributed by atoms with Crippen molar-refractivity contribution in [2.75, 3.05) is 6.61 Å². The maximum atomic E-state index is 12.2. The number of amides is 1. The summed E-state index contributed by atoms with van der Waals surface area (Å²) in [5, 5.41) is 20.4. The minimum absolute atomic E-state index is 0.0531. The summed E-state index contributed by atoms with van der Waals surface area (Å²) < 4.78 is 5.39. The van der Waals surface area contributed by atoms with E-state index in [-0.39, 0.29) is 25.4 Å². The van der Waals surface area contributed by atoms with Gasteiger partial charge in [0.2, 0.25) is 0 Å². The van der Waals surface area contributed by atoms with Crippen LogP contribution in [-0.4, -0.2) is 40.9 Å². The molecule has 0 radical (unpaired) electrons. The Kier molecular flexibility index (Phi) is 7.06. The van der Waals surface area contributed by atoms with E-state index >= 15 is 0 Å². The number of carbonyl (C=O) groups excluding carboxylic acids is 1. The quantitative estimate of drug-likeness (QED) is 0.509. The lowest BCUT2D eigenvalue weighted by molar-refractivity contribution is -0.140. The van der Waals surface area contributed by atoms with E-state index < -0.39 is 24.1 Å². The van der Waals surface area contributed by atoms with Crippen molar-refractivity contribution in [2.24, 2.45) is 0 Å². The zero-order chi connectivity index (χ0) is 21.5. The highest BCUT2D eigenvalue weighted by molar-refractivity contribution is 5.81. The molecule has 0 aromatic heterocycles. The molecule has 7 nitrogen and oxygen atoms in total. The number of unbranched alkanes of at least 4 members (excludes halogenated alkanes) is 2. The molecule has 7 heteroatoms. The van der Waals surface area contributed by atoms with Gasteiger partial charge >= 0.3 is 18.0 Å². The summed E-state index contributed by atoms with van der Waals surface area (Å²) in [7, 11) is 0. The molecule has 1 amide bonds. The predicted molar refractivity (Wildman–Crippen MR) is 110 cm³/mol. The number of benzene rings is 2. The van der Waals surface area contributed by atoms with Gasteiger partial charge in [-0.05, 0) is 35.1 Å². The third kappa shape index (κ3) is 5.17. The maximum absolute atomic E-state index is 12.2. The van der Waals surface area contributed by atoms with Gasteiger partial charge in [0.1, 0.15) is 12.6 Å². The fraction of sp³-hybridized carbons (Fsp3) is 0.348. The second-order valence-corrected chi connectivity index (χ2v) is 7.35. The van der Waals surface area contributed by atoms with Gasteiger partial charge in [0.15, 0.2) is 0 Å². The summed E-state index contributed by atoms with van der Waals surface area (Å²) in [5.74, 6) is -2.11. The minimum atomic E-state index is -1.14. The number of alkyl carbamates (subject to hydrolysis) is 1. The number of carboxylic acids is 2. The zero-order valence-corrected chi connectivity index (χ0v) is 16.5.